The van der Waals surface area contributed by atoms with Crippen LogP contribution in [0.5, 0.6) is 0 Å². The lowest BCUT2D eigenvalue weighted by Gasteiger charge is -2.05. The Morgan fingerprint density at radius 1 is 1.38 bits per heavy atom. The predicted molar refractivity (Wildman–Crippen MR) is 70.7 cm³/mol. The quantitative estimate of drug-likeness (QED) is 0.795. The van der Waals surface area contributed by atoms with Gasteiger partial charge < -0.3 is 9.52 Å². The molecular formula is C14H9FN2O4. The fourth-order valence-electron chi connectivity index (χ4n) is 2.04. The number of hydrogen-bond acceptors (Lipinski definition) is 4. The Bertz CT molecular complexity index is 897. The molecule has 0 bridgehead atoms. The largest absolute Gasteiger partial charge is 0.478 e. The van der Waals surface area contributed by atoms with Gasteiger partial charge in [-0.15, -0.1) is 0 Å². The molecule has 3 rings (SSSR count). The van der Waals surface area contributed by atoms with Crippen LogP contribution in [0.25, 0.3) is 11.2 Å². The second kappa shape index (κ2) is 4.86. The Kier molecular flexibility index (Phi) is 3.02. The van der Waals surface area contributed by atoms with Gasteiger partial charge in [0.25, 0.3) is 0 Å². The number of fused-ring (bicyclic) bond motifs is 1. The first-order valence-corrected chi connectivity index (χ1v) is 6.02. The summed E-state index contributed by atoms with van der Waals surface area (Å²) in [7, 11) is 0. The summed E-state index contributed by atoms with van der Waals surface area (Å²) in [4.78, 5) is 26.7. The summed E-state index contributed by atoms with van der Waals surface area (Å²) in [6.45, 7) is -0.157. The summed E-state index contributed by atoms with van der Waals surface area (Å²) in [6, 6.07) is 6.59. The average Bonchev–Trinajstić information content (AvgIpc) is 2.77. The molecule has 0 atom stereocenters. The zero-order valence-electron chi connectivity index (χ0n) is 10.6. The van der Waals surface area contributed by atoms with Crippen molar-refractivity contribution in [2.24, 2.45) is 0 Å². The van der Waals surface area contributed by atoms with E-state index in [1.54, 1.807) is 12.1 Å². The number of carboxylic acids is 1. The monoisotopic (exact) mass is 288 g/mol. The molecule has 7 heteroatoms. The van der Waals surface area contributed by atoms with E-state index >= 15 is 0 Å². The number of benzene rings is 1. The number of pyridine rings is 1. The average molecular weight is 288 g/mol. The molecular weight excluding hydrogens is 279 g/mol. The maximum absolute atomic E-state index is 13.8. The molecule has 0 saturated heterocycles. The standard InChI is InChI=1S/C14H9FN2O4/c15-10-4-3-8(13(18)19)6-9(10)7-17-12-11(21-14(17)20)2-1-5-16-12/h1-6H,7H2,(H,18,19). The van der Waals surface area contributed by atoms with Crippen LogP contribution in [-0.4, -0.2) is 20.6 Å². The smallest absolute Gasteiger partial charge is 0.421 e. The molecule has 1 aromatic carbocycles. The molecule has 0 unspecified atom stereocenters. The van der Waals surface area contributed by atoms with E-state index in [4.69, 9.17) is 9.52 Å². The number of rotatable bonds is 3. The third-order valence-corrected chi connectivity index (χ3v) is 3.05. The van der Waals surface area contributed by atoms with Crippen LogP contribution in [0.15, 0.2) is 45.7 Å². The van der Waals surface area contributed by atoms with Gasteiger partial charge in [0.1, 0.15) is 5.82 Å². The third-order valence-electron chi connectivity index (χ3n) is 3.05. The lowest BCUT2D eigenvalue weighted by Crippen LogP contribution is -2.16. The third kappa shape index (κ3) is 2.29. The van der Waals surface area contributed by atoms with E-state index in [0.29, 0.717) is 0 Å². The summed E-state index contributed by atoms with van der Waals surface area (Å²) < 4.78 is 19.9. The van der Waals surface area contributed by atoms with Crippen LogP contribution in [0.3, 0.4) is 0 Å². The fraction of sp³-hybridized carbons (Fsp3) is 0.0714. The minimum Gasteiger partial charge on any atom is -0.478 e. The Balaban J connectivity index is 2.10. The Morgan fingerprint density at radius 2 is 2.19 bits per heavy atom. The lowest BCUT2D eigenvalue weighted by molar-refractivity contribution is 0.0696. The highest BCUT2D eigenvalue weighted by molar-refractivity contribution is 5.87. The van der Waals surface area contributed by atoms with Gasteiger partial charge in [0, 0.05) is 11.8 Å². The highest BCUT2D eigenvalue weighted by Crippen LogP contribution is 2.15. The number of aromatic carboxylic acids is 1. The first kappa shape index (κ1) is 13.0. The van der Waals surface area contributed by atoms with E-state index in [1.165, 1.54) is 12.3 Å². The molecule has 2 aromatic heterocycles. The Morgan fingerprint density at radius 3 is 2.95 bits per heavy atom. The van der Waals surface area contributed by atoms with Crippen molar-refractivity contribution < 1.29 is 18.7 Å². The van der Waals surface area contributed by atoms with Gasteiger partial charge in [-0.05, 0) is 30.3 Å². The maximum atomic E-state index is 13.8. The fourth-order valence-corrected chi connectivity index (χ4v) is 2.04. The van der Waals surface area contributed by atoms with Crippen LogP contribution in [0.4, 0.5) is 4.39 Å². The molecule has 3 aromatic rings. The van der Waals surface area contributed by atoms with E-state index in [0.717, 1.165) is 16.7 Å². The number of carbonyl (C=O) groups is 1. The highest BCUT2D eigenvalue weighted by Gasteiger charge is 2.14. The second-order valence-electron chi connectivity index (χ2n) is 4.39. The van der Waals surface area contributed by atoms with E-state index in [2.05, 4.69) is 4.98 Å². The summed E-state index contributed by atoms with van der Waals surface area (Å²) >= 11 is 0. The number of halogens is 1. The first-order chi connectivity index (χ1) is 10.1. The lowest BCUT2D eigenvalue weighted by atomic mass is 10.1. The maximum Gasteiger partial charge on any atom is 0.421 e. The second-order valence-corrected chi connectivity index (χ2v) is 4.39. The van der Waals surface area contributed by atoms with Crippen molar-refractivity contribution in [3.05, 3.63) is 64.0 Å². The molecule has 0 aliphatic rings. The minimum atomic E-state index is -1.17. The normalized spacial score (nSPS) is 10.9. The summed E-state index contributed by atoms with van der Waals surface area (Å²) in [5.74, 6) is -2.44. The van der Waals surface area contributed by atoms with Crippen molar-refractivity contribution in [1.82, 2.24) is 9.55 Å². The van der Waals surface area contributed by atoms with Gasteiger partial charge in [-0.1, -0.05) is 0 Å². The van der Waals surface area contributed by atoms with Crippen molar-refractivity contribution in [2.75, 3.05) is 0 Å². The number of aromatic nitrogens is 2. The molecule has 0 fully saturated rings. The van der Waals surface area contributed by atoms with Crippen molar-refractivity contribution in [1.29, 1.82) is 0 Å². The first-order valence-electron chi connectivity index (χ1n) is 6.02. The zero-order valence-corrected chi connectivity index (χ0v) is 10.6. The number of nitrogens with zero attached hydrogens (tertiary/aromatic N) is 2. The van der Waals surface area contributed by atoms with E-state index in [-0.39, 0.29) is 28.9 Å². The number of oxazole rings is 1. The summed E-state index contributed by atoms with van der Waals surface area (Å²) in [5.41, 5.74) is 0.588. The highest BCUT2D eigenvalue weighted by atomic mass is 19.1. The molecule has 0 amide bonds. The predicted octanol–water partition coefficient (Wildman–Crippen LogP) is 1.88. The van der Waals surface area contributed by atoms with Gasteiger partial charge in [0.15, 0.2) is 11.2 Å². The van der Waals surface area contributed by atoms with Crippen molar-refractivity contribution in [2.45, 2.75) is 6.54 Å². The van der Waals surface area contributed by atoms with Crippen LogP contribution < -0.4 is 5.76 Å². The van der Waals surface area contributed by atoms with Crippen LogP contribution in [-0.2, 0) is 6.54 Å². The molecule has 2 heterocycles. The van der Waals surface area contributed by atoms with E-state index in [9.17, 15) is 14.0 Å². The molecule has 6 nitrogen and oxygen atoms in total. The van der Waals surface area contributed by atoms with E-state index in [1.807, 2.05) is 0 Å². The molecule has 0 saturated carbocycles. The molecule has 106 valence electrons. The molecule has 0 aliphatic carbocycles. The van der Waals surface area contributed by atoms with Gasteiger partial charge in [0.2, 0.25) is 0 Å². The minimum absolute atomic E-state index is 0.0554. The van der Waals surface area contributed by atoms with Crippen molar-refractivity contribution in [3.63, 3.8) is 0 Å². The van der Waals surface area contributed by atoms with Gasteiger partial charge in [0.05, 0.1) is 12.1 Å². The molecule has 21 heavy (non-hydrogen) atoms. The van der Waals surface area contributed by atoms with Crippen LogP contribution in [0.1, 0.15) is 15.9 Å². The topological polar surface area (TPSA) is 85.3 Å². The van der Waals surface area contributed by atoms with Gasteiger partial charge in [-0.25, -0.2) is 19.0 Å². The van der Waals surface area contributed by atoms with Crippen LogP contribution in [0.2, 0.25) is 0 Å². The molecule has 1 N–H and O–H groups in total. The van der Waals surface area contributed by atoms with Crippen molar-refractivity contribution >= 4 is 17.2 Å². The van der Waals surface area contributed by atoms with Crippen LogP contribution in [0, 0.1) is 5.82 Å². The summed E-state index contributed by atoms with van der Waals surface area (Å²) in [5, 5.41) is 8.93. The number of carboxylic acid groups (broad SMARTS) is 1. The van der Waals surface area contributed by atoms with E-state index < -0.39 is 17.5 Å². The number of hydrogen-bond donors (Lipinski definition) is 1. The summed E-state index contributed by atoms with van der Waals surface area (Å²) in [6.07, 6.45) is 1.48. The SMILES string of the molecule is O=C(O)c1ccc(F)c(Cn2c(=O)oc3cccnc32)c1. The van der Waals surface area contributed by atoms with Gasteiger partial charge in [-0.3, -0.25) is 4.57 Å². The Labute approximate surface area is 117 Å². The molecule has 0 spiro atoms. The Hall–Kier alpha value is -2.96. The van der Waals surface area contributed by atoms with Gasteiger partial charge >= 0.3 is 11.7 Å². The van der Waals surface area contributed by atoms with Gasteiger partial charge in [-0.2, -0.15) is 0 Å². The van der Waals surface area contributed by atoms with Crippen LogP contribution >= 0.6 is 0 Å². The zero-order chi connectivity index (χ0) is 15.0. The van der Waals surface area contributed by atoms with Crippen molar-refractivity contribution in [3.8, 4) is 0 Å². The molecule has 0 aliphatic heterocycles. The molecule has 0 radical (unpaired) electrons.